The Hall–Kier alpha value is -2.75. The number of fused-ring (bicyclic) bond motifs is 6. The van der Waals surface area contributed by atoms with Crippen LogP contribution in [0.1, 0.15) is 85.3 Å². The van der Waals surface area contributed by atoms with Crippen LogP contribution in [-0.2, 0) is 19.0 Å². The van der Waals surface area contributed by atoms with Gasteiger partial charge < -0.3 is 28.5 Å². The van der Waals surface area contributed by atoms with Crippen LogP contribution in [-0.4, -0.2) is 46.3 Å². The van der Waals surface area contributed by atoms with Crippen LogP contribution in [0.4, 0.5) is 0 Å². The molecule has 8 atom stereocenters. The number of ether oxygens (including phenoxy) is 4. The molecule has 2 saturated carbocycles. The predicted octanol–water partition coefficient (Wildman–Crippen LogP) is 5.19. The third-order valence-electron chi connectivity index (χ3n) is 10.4. The van der Waals surface area contributed by atoms with Crippen LogP contribution in [0.5, 0.6) is 5.75 Å². The molecule has 0 bridgehead atoms. The van der Waals surface area contributed by atoms with Crippen LogP contribution in [0.2, 0.25) is 0 Å². The van der Waals surface area contributed by atoms with E-state index in [4.69, 9.17) is 23.4 Å². The molecule has 3 fully saturated rings. The van der Waals surface area contributed by atoms with E-state index in [9.17, 15) is 14.7 Å². The second-order valence-electron chi connectivity index (χ2n) is 13.5. The Balaban J connectivity index is 1.48. The summed E-state index contributed by atoms with van der Waals surface area (Å²) < 4.78 is 31.3. The first-order valence-electron chi connectivity index (χ1n) is 14.8. The molecule has 0 aromatic carbocycles. The van der Waals surface area contributed by atoms with Gasteiger partial charge in [-0.1, -0.05) is 20.8 Å². The van der Waals surface area contributed by atoms with Crippen LogP contribution in [0, 0.1) is 22.7 Å². The van der Waals surface area contributed by atoms with Crippen LogP contribution in [0.15, 0.2) is 39.8 Å². The molecule has 2 aromatic heterocycles. The molecular weight excluding hydrogens is 526 g/mol. The summed E-state index contributed by atoms with van der Waals surface area (Å²) in [5, 5.41) is 12.1. The fraction of sp³-hybridized carbons (Fsp3) is 0.656. The number of nitrogens with zero attached hydrogens (tertiary/aromatic N) is 1. The summed E-state index contributed by atoms with van der Waals surface area (Å²) >= 11 is 0. The van der Waals surface area contributed by atoms with Gasteiger partial charge in [-0.25, -0.2) is 4.79 Å². The number of rotatable bonds is 4. The summed E-state index contributed by atoms with van der Waals surface area (Å²) in [5.74, 6) is -1.04. The highest BCUT2D eigenvalue weighted by Crippen LogP contribution is 2.68. The molecule has 0 amide bonds. The highest BCUT2D eigenvalue weighted by atomic mass is 16.7. The van der Waals surface area contributed by atoms with Gasteiger partial charge in [-0.3, -0.25) is 9.78 Å². The Morgan fingerprint density at radius 3 is 2.68 bits per heavy atom. The number of carbonyl (C=O) groups excluding carboxylic acids is 1. The van der Waals surface area contributed by atoms with Crippen molar-refractivity contribution >= 4 is 5.97 Å². The molecule has 41 heavy (non-hydrogen) atoms. The average Bonchev–Trinajstić information content (AvgIpc) is 2.90. The summed E-state index contributed by atoms with van der Waals surface area (Å²) in [7, 11) is 0. The number of carbonyl (C=O) groups is 1. The highest BCUT2D eigenvalue weighted by Gasteiger charge is 2.71. The largest absolute Gasteiger partial charge is 0.482 e. The van der Waals surface area contributed by atoms with Gasteiger partial charge in [-0.2, -0.15) is 0 Å². The van der Waals surface area contributed by atoms with Gasteiger partial charge in [-0.15, -0.1) is 0 Å². The van der Waals surface area contributed by atoms with Crippen molar-refractivity contribution in [2.75, 3.05) is 6.61 Å². The first kappa shape index (κ1) is 28.4. The van der Waals surface area contributed by atoms with Gasteiger partial charge in [0.2, 0.25) is 0 Å². The summed E-state index contributed by atoms with van der Waals surface area (Å²) in [6.07, 6.45) is 4.33. The molecule has 4 heterocycles. The number of esters is 1. The van der Waals surface area contributed by atoms with Crippen molar-refractivity contribution in [1.82, 2.24) is 4.98 Å². The minimum absolute atomic E-state index is 0.0381. The zero-order chi connectivity index (χ0) is 29.4. The lowest BCUT2D eigenvalue weighted by molar-refractivity contribution is -0.358. The van der Waals surface area contributed by atoms with Gasteiger partial charge in [0.05, 0.1) is 18.8 Å². The van der Waals surface area contributed by atoms with Gasteiger partial charge in [0, 0.05) is 41.8 Å². The number of pyridine rings is 1. The normalized spacial score (nSPS) is 38.9. The second-order valence-corrected chi connectivity index (χ2v) is 13.5. The number of hydrogen-bond acceptors (Lipinski definition) is 9. The topological polar surface area (TPSA) is 117 Å². The maximum absolute atomic E-state index is 13.5. The lowest BCUT2D eigenvalue weighted by Gasteiger charge is -2.68. The Labute approximate surface area is 240 Å². The van der Waals surface area contributed by atoms with E-state index in [0.717, 1.165) is 12.8 Å². The third kappa shape index (κ3) is 4.34. The molecule has 2 unspecified atom stereocenters. The monoisotopic (exact) mass is 567 g/mol. The van der Waals surface area contributed by atoms with Gasteiger partial charge in [0.25, 0.3) is 0 Å². The van der Waals surface area contributed by atoms with Gasteiger partial charge in [0.1, 0.15) is 28.8 Å². The van der Waals surface area contributed by atoms with Crippen molar-refractivity contribution in [2.24, 2.45) is 22.7 Å². The van der Waals surface area contributed by atoms with Crippen LogP contribution in [0.3, 0.4) is 0 Å². The molecule has 1 saturated heterocycles. The summed E-state index contributed by atoms with van der Waals surface area (Å²) in [5.41, 5.74) is -1.90. The smallest absolute Gasteiger partial charge is 0.345 e. The summed E-state index contributed by atoms with van der Waals surface area (Å²) in [6, 6.07) is 5.18. The Morgan fingerprint density at radius 2 is 1.98 bits per heavy atom. The lowest BCUT2D eigenvalue weighted by Crippen LogP contribution is -2.72. The van der Waals surface area contributed by atoms with E-state index in [1.807, 2.05) is 27.7 Å². The number of aliphatic hydroxyl groups excluding tert-OH is 1. The Kier molecular flexibility index (Phi) is 6.67. The van der Waals surface area contributed by atoms with Crippen molar-refractivity contribution in [3.05, 3.63) is 46.6 Å². The van der Waals surface area contributed by atoms with E-state index in [2.05, 4.69) is 18.8 Å². The molecular formula is C32H41NO8. The van der Waals surface area contributed by atoms with Gasteiger partial charge in [0.15, 0.2) is 5.79 Å². The maximum Gasteiger partial charge on any atom is 0.345 e. The molecule has 9 nitrogen and oxygen atoms in total. The zero-order valence-corrected chi connectivity index (χ0v) is 24.8. The maximum atomic E-state index is 13.5. The fourth-order valence-corrected chi connectivity index (χ4v) is 8.51. The molecule has 6 rings (SSSR count). The van der Waals surface area contributed by atoms with Crippen LogP contribution < -0.4 is 10.4 Å². The molecule has 0 spiro atoms. The molecule has 2 aliphatic heterocycles. The van der Waals surface area contributed by atoms with Crippen LogP contribution in [0.25, 0.3) is 11.3 Å². The van der Waals surface area contributed by atoms with Crippen molar-refractivity contribution < 1.29 is 33.3 Å². The fourth-order valence-electron chi connectivity index (χ4n) is 8.51. The van der Waals surface area contributed by atoms with Gasteiger partial charge >= 0.3 is 11.6 Å². The first-order chi connectivity index (χ1) is 19.3. The van der Waals surface area contributed by atoms with Crippen molar-refractivity contribution in [1.29, 1.82) is 0 Å². The van der Waals surface area contributed by atoms with Crippen LogP contribution >= 0.6 is 0 Å². The predicted molar refractivity (Wildman–Crippen MR) is 149 cm³/mol. The second kappa shape index (κ2) is 9.64. The first-order valence-corrected chi connectivity index (χ1v) is 14.8. The number of aliphatic hydroxyl groups is 1. The number of hydrogen-bond donors (Lipinski definition) is 1. The minimum atomic E-state index is -1.19. The molecule has 4 aliphatic rings. The van der Waals surface area contributed by atoms with Gasteiger partial charge in [-0.05, 0) is 69.9 Å². The van der Waals surface area contributed by atoms with Crippen molar-refractivity contribution in [3.8, 4) is 17.1 Å². The quantitative estimate of drug-likeness (QED) is 0.498. The van der Waals surface area contributed by atoms with E-state index in [0.29, 0.717) is 30.8 Å². The van der Waals surface area contributed by atoms with E-state index < -0.39 is 46.0 Å². The molecule has 222 valence electrons. The van der Waals surface area contributed by atoms with E-state index in [-0.39, 0.29) is 35.7 Å². The molecule has 1 N–H and O–H groups in total. The SMILES string of the molecule is CCCC(=O)O[C@H]1CC2[C@](C)(CC[C@@H]3OC(C)(C)OC[C@@]23C)C2[C@@H](O)c3c(cc(-c4cccnc4)oc3=O)O[C@@]21C. The zero-order valence-electron chi connectivity index (χ0n) is 24.8. The van der Waals surface area contributed by atoms with Crippen molar-refractivity contribution in [2.45, 2.75) is 103 Å². The standard InChI is InChI=1S/C32H41NO8/c1-7-9-24(34)39-23-15-21-30(4,12-11-22-31(21,5)17-37-29(2,3)41-22)27-26(35)25-20(40-32(23,27)6)14-19(38-28(25)36)18-10-8-13-33-16-18/h8,10,13-14,16,21-23,26-27,35H,7,9,11-12,15,17H2,1-6H3/t21?,22-,23-,26-,27?,30-,31-,32+/m0/s1. The number of aromatic nitrogens is 1. The molecule has 2 aliphatic carbocycles. The highest BCUT2D eigenvalue weighted by molar-refractivity contribution is 5.69. The molecule has 2 aromatic rings. The van der Waals surface area contributed by atoms with Crippen molar-refractivity contribution in [3.63, 3.8) is 0 Å². The molecule has 0 radical (unpaired) electrons. The average molecular weight is 568 g/mol. The summed E-state index contributed by atoms with van der Waals surface area (Å²) in [4.78, 5) is 30.6. The Morgan fingerprint density at radius 1 is 1.20 bits per heavy atom. The van der Waals surface area contributed by atoms with E-state index in [1.54, 1.807) is 30.6 Å². The third-order valence-corrected chi connectivity index (χ3v) is 10.4. The van der Waals surface area contributed by atoms with E-state index >= 15 is 0 Å². The Bertz CT molecular complexity index is 1390. The summed E-state index contributed by atoms with van der Waals surface area (Å²) in [6.45, 7) is 12.6. The van der Waals surface area contributed by atoms with E-state index in [1.165, 1.54) is 0 Å². The minimum Gasteiger partial charge on any atom is -0.482 e. The lowest BCUT2D eigenvalue weighted by atomic mass is 9.42. The molecule has 9 heteroatoms.